The summed E-state index contributed by atoms with van der Waals surface area (Å²) in [6.07, 6.45) is 0. The van der Waals surface area contributed by atoms with Crippen molar-refractivity contribution in [3.63, 3.8) is 0 Å². The molecular formula is C12H6ClN3O4. The highest BCUT2D eigenvalue weighted by molar-refractivity contribution is 6.30. The molecule has 0 bridgehead atoms. The minimum absolute atomic E-state index is 0.132. The highest BCUT2D eigenvalue weighted by atomic mass is 35.5. The third-order valence-corrected chi connectivity index (χ3v) is 2.72. The standard InChI is InChI=1S/C12H6ClN3O4/c13-8-3-1-2-7(6-8)12-14-11(15-20-12)9-4-5-10(19-9)16(17)18/h1-6H. The minimum atomic E-state index is -0.637. The summed E-state index contributed by atoms with van der Waals surface area (Å²) in [5, 5.41) is 14.8. The van der Waals surface area contributed by atoms with Crippen molar-refractivity contribution in [2.45, 2.75) is 0 Å². The number of nitro groups is 1. The van der Waals surface area contributed by atoms with Gasteiger partial charge in [-0.25, -0.2) is 0 Å². The van der Waals surface area contributed by atoms with E-state index >= 15 is 0 Å². The Balaban J connectivity index is 1.95. The van der Waals surface area contributed by atoms with Crippen LogP contribution in [0, 0.1) is 10.1 Å². The number of halogens is 1. The lowest BCUT2D eigenvalue weighted by Crippen LogP contribution is -1.83. The van der Waals surface area contributed by atoms with Gasteiger partial charge in [0.15, 0.2) is 5.76 Å². The minimum Gasteiger partial charge on any atom is -0.397 e. The maximum atomic E-state index is 10.5. The molecule has 20 heavy (non-hydrogen) atoms. The Morgan fingerprint density at radius 3 is 2.80 bits per heavy atom. The molecule has 2 heterocycles. The molecule has 1 aromatic carbocycles. The predicted octanol–water partition coefficient (Wildman–Crippen LogP) is 3.56. The van der Waals surface area contributed by atoms with Crippen LogP contribution in [0.5, 0.6) is 0 Å². The number of hydrogen-bond acceptors (Lipinski definition) is 6. The molecular weight excluding hydrogens is 286 g/mol. The van der Waals surface area contributed by atoms with E-state index in [1.807, 2.05) is 0 Å². The van der Waals surface area contributed by atoms with Crippen LogP contribution in [0.2, 0.25) is 5.02 Å². The first-order valence-corrected chi connectivity index (χ1v) is 5.85. The van der Waals surface area contributed by atoms with Gasteiger partial charge in [-0.05, 0) is 24.3 Å². The van der Waals surface area contributed by atoms with E-state index in [4.69, 9.17) is 20.5 Å². The second-order valence-electron chi connectivity index (χ2n) is 3.83. The van der Waals surface area contributed by atoms with Crippen LogP contribution >= 0.6 is 11.6 Å². The molecule has 0 amide bonds. The van der Waals surface area contributed by atoms with Gasteiger partial charge in [-0.3, -0.25) is 10.1 Å². The fourth-order valence-electron chi connectivity index (χ4n) is 1.61. The van der Waals surface area contributed by atoms with Crippen molar-refractivity contribution >= 4 is 17.5 Å². The van der Waals surface area contributed by atoms with Gasteiger partial charge >= 0.3 is 5.88 Å². The fraction of sp³-hybridized carbons (Fsp3) is 0. The lowest BCUT2D eigenvalue weighted by molar-refractivity contribution is -0.401. The first kappa shape index (κ1) is 12.4. The van der Waals surface area contributed by atoms with E-state index in [0.29, 0.717) is 10.6 Å². The maximum Gasteiger partial charge on any atom is 0.433 e. The summed E-state index contributed by atoms with van der Waals surface area (Å²) in [6, 6.07) is 9.53. The van der Waals surface area contributed by atoms with Gasteiger partial charge in [0.25, 0.3) is 5.89 Å². The molecule has 0 saturated carbocycles. The van der Waals surface area contributed by atoms with E-state index in [1.54, 1.807) is 24.3 Å². The van der Waals surface area contributed by atoms with Gasteiger partial charge in [0, 0.05) is 10.6 Å². The number of rotatable bonds is 3. The zero-order valence-corrected chi connectivity index (χ0v) is 10.6. The molecule has 0 spiro atoms. The monoisotopic (exact) mass is 291 g/mol. The lowest BCUT2D eigenvalue weighted by atomic mass is 10.2. The Morgan fingerprint density at radius 2 is 2.10 bits per heavy atom. The van der Waals surface area contributed by atoms with E-state index in [0.717, 1.165) is 0 Å². The third kappa shape index (κ3) is 2.26. The number of hydrogen-bond donors (Lipinski definition) is 0. The topological polar surface area (TPSA) is 95.2 Å². The van der Waals surface area contributed by atoms with Crippen LogP contribution in [0.3, 0.4) is 0 Å². The zero-order valence-electron chi connectivity index (χ0n) is 9.82. The Labute approximate surface area is 116 Å². The average Bonchev–Trinajstić information content (AvgIpc) is 3.08. The highest BCUT2D eigenvalue weighted by Gasteiger charge is 2.18. The van der Waals surface area contributed by atoms with E-state index in [9.17, 15) is 10.1 Å². The normalized spacial score (nSPS) is 10.7. The molecule has 100 valence electrons. The highest BCUT2D eigenvalue weighted by Crippen LogP contribution is 2.27. The van der Waals surface area contributed by atoms with Gasteiger partial charge < -0.3 is 8.94 Å². The summed E-state index contributed by atoms with van der Waals surface area (Å²) in [7, 11) is 0. The second kappa shape index (κ2) is 4.78. The van der Waals surface area contributed by atoms with Crippen molar-refractivity contribution in [2.24, 2.45) is 0 Å². The molecule has 8 heteroatoms. The largest absolute Gasteiger partial charge is 0.433 e. The molecule has 7 nitrogen and oxygen atoms in total. The van der Waals surface area contributed by atoms with E-state index < -0.39 is 4.92 Å². The fourth-order valence-corrected chi connectivity index (χ4v) is 1.80. The maximum absolute atomic E-state index is 10.5. The summed E-state index contributed by atoms with van der Waals surface area (Å²) in [5.74, 6) is 0.164. The smallest absolute Gasteiger partial charge is 0.397 e. The molecule has 0 aliphatic rings. The zero-order chi connectivity index (χ0) is 14.1. The molecule has 0 aliphatic carbocycles. The molecule has 0 atom stereocenters. The Hall–Kier alpha value is -2.67. The van der Waals surface area contributed by atoms with Crippen molar-refractivity contribution in [3.8, 4) is 23.0 Å². The molecule has 2 aromatic heterocycles. The van der Waals surface area contributed by atoms with Gasteiger partial charge in [-0.2, -0.15) is 4.98 Å². The van der Waals surface area contributed by atoms with Crippen LogP contribution in [-0.4, -0.2) is 15.1 Å². The van der Waals surface area contributed by atoms with Crippen LogP contribution in [0.25, 0.3) is 23.0 Å². The van der Waals surface area contributed by atoms with E-state index in [1.165, 1.54) is 12.1 Å². The molecule has 3 rings (SSSR count). The second-order valence-corrected chi connectivity index (χ2v) is 4.26. The first-order valence-electron chi connectivity index (χ1n) is 5.48. The molecule has 0 radical (unpaired) electrons. The van der Waals surface area contributed by atoms with Crippen molar-refractivity contribution in [1.82, 2.24) is 10.1 Å². The summed E-state index contributed by atoms with van der Waals surface area (Å²) >= 11 is 5.87. The van der Waals surface area contributed by atoms with Crippen molar-refractivity contribution < 1.29 is 13.9 Å². The van der Waals surface area contributed by atoms with Crippen LogP contribution in [0.4, 0.5) is 5.88 Å². The summed E-state index contributed by atoms with van der Waals surface area (Å²) in [6.45, 7) is 0. The number of aromatic nitrogens is 2. The Morgan fingerprint density at radius 1 is 1.25 bits per heavy atom. The first-order chi connectivity index (χ1) is 9.63. The lowest BCUT2D eigenvalue weighted by Gasteiger charge is -1.93. The molecule has 0 saturated heterocycles. The van der Waals surface area contributed by atoms with Crippen molar-refractivity contribution in [2.75, 3.05) is 0 Å². The third-order valence-electron chi connectivity index (χ3n) is 2.49. The van der Waals surface area contributed by atoms with E-state index in [2.05, 4.69) is 10.1 Å². The molecule has 0 unspecified atom stereocenters. The number of benzene rings is 1. The molecule has 3 aromatic rings. The SMILES string of the molecule is O=[N+]([O-])c1ccc(-c2noc(-c3cccc(Cl)c3)n2)o1. The number of nitrogens with zero attached hydrogens (tertiary/aromatic N) is 3. The van der Waals surface area contributed by atoms with E-state index in [-0.39, 0.29) is 23.4 Å². The summed E-state index contributed by atoms with van der Waals surface area (Å²) in [4.78, 5) is 14.0. The number of furan rings is 1. The Bertz CT molecular complexity index is 780. The summed E-state index contributed by atoms with van der Waals surface area (Å²) < 4.78 is 10.1. The summed E-state index contributed by atoms with van der Waals surface area (Å²) in [5.41, 5.74) is 0.650. The Kier molecular flexibility index (Phi) is 2.96. The van der Waals surface area contributed by atoms with Gasteiger partial charge in [0.2, 0.25) is 5.82 Å². The van der Waals surface area contributed by atoms with Crippen molar-refractivity contribution in [1.29, 1.82) is 0 Å². The van der Waals surface area contributed by atoms with Crippen LogP contribution in [0.1, 0.15) is 0 Å². The van der Waals surface area contributed by atoms with Gasteiger partial charge in [-0.1, -0.05) is 22.8 Å². The average molecular weight is 292 g/mol. The molecule has 0 aliphatic heterocycles. The van der Waals surface area contributed by atoms with Gasteiger partial charge in [0.1, 0.15) is 4.92 Å². The van der Waals surface area contributed by atoms with Gasteiger partial charge in [-0.15, -0.1) is 0 Å². The van der Waals surface area contributed by atoms with Gasteiger partial charge in [0.05, 0.1) is 6.07 Å². The van der Waals surface area contributed by atoms with Crippen molar-refractivity contribution in [3.05, 3.63) is 51.5 Å². The predicted molar refractivity (Wildman–Crippen MR) is 69.1 cm³/mol. The van der Waals surface area contributed by atoms with Crippen LogP contribution in [-0.2, 0) is 0 Å². The molecule has 0 N–H and O–H groups in total. The quantitative estimate of drug-likeness (QED) is 0.541. The van der Waals surface area contributed by atoms with Crippen LogP contribution in [0.15, 0.2) is 45.3 Å². The molecule has 0 fully saturated rings. The van der Waals surface area contributed by atoms with Crippen LogP contribution < -0.4 is 0 Å².